The fourth-order valence-electron chi connectivity index (χ4n) is 3.24. The highest BCUT2D eigenvalue weighted by atomic mass is 19.1. The van der Waals surface area contributed by atoms with Crippen LogP contribution in [0.15, 0.2) is 47.3 Å². The van der Waals surface area contributed by atoms with Crippen LogP contribution in [0.4, 0.5) is 4.39 Å². The predicted octanol–water partition coefficient (Wildman–Crippen LogP) is 3.24. The molecule has 1 atom stereocenters. The maximum absolute atomic E-state index is 13.5. The Hall–Kier alpha value is -2.53. The second kappa shape index (κ2) is 5.83. The molecule has 0 bridgehead atoms. The summed E-state index contributed by atoms with van der Waals surface area (Å²) in [6.07, 6.45) is 0.870. The monoisotopic (exact) mass is 324 g/mol. The number of fused-ring (bicyclic) bond motifs is 1. The number of ether oxygens (including phenoxy) is 1. The second-order valence-corrected chi connectivity index (χ2v) is 6.14. The van der Waals surface area contributed by atoms with Gasteiger partial charge in [0.2, 0.25) is 0 Å². The molecule has 0 amide bonds. The van der Waals surface area contributed by atoms with Crippen molar-refractivity contribution < 1.29 is 9.13 Å². The quantitative estimate of drug-likeness (QED) is 0.727. The molecule has 5 heteroatoms. The van der Waals surface area contributed by atoms with Crippen molar-refractivity contribution in [1.82, 2.24) is 9.55 Å². The molecule has 1 unspecified atom stereocenters. The molecule has 1 fully saturated rings. The van der Waals surface area contributed by atoms with Crippen molar-refractivity contribution in [1.29, 1.82) is 0 Å². The summed E-state index contributed by atoms with van der Waals surface area (Å²) in [4.78, 5) is 17.3. The summed E-state index contributed by atoms with van der Waals surface area (Å²) in [5, 5.41) is 0.570. The average Bonchev–Trinajstić information content (AvgIpc) is 3.12. The molecule has 24 heavy (non-hydrogen) atoms. The lowest BCUT2D eigenvalue weighted by atomic mass is 10.0. The Morgan fingerprint density at radius 3 is 2.79 bits per heavy atom. The first-order valence-corrected chi connectivity index (χ1v) is 7.98. The number of hydrogen-bond donors (Lipinski definition) is 0. The number of hydrogen-bond acceptors (Lipinski definition) is 3. The molecular formula is C19H17FN2O2. The molecule has 1 aliphatic heterocycles. The molecule has 122 valence electrons. The Morgan fingerprint density at radius 1 is 1.21 bits per heavy atom. The van der Waals surface area contributed by atoms with Crippen molar-refractivity contribution in [2.75, 3.05) is 13.2 Å². The third kappa shape index (κ3) is 2.51. The lowest BCUT2D eigenvalue weighted by Gasteiger charge is -2.14. The van der Waals surface area contributed by atoms with Crippen LogP contribution in [0.25, 0.3) is 22.0 Å². The molecule has 4 rings (SSSR count). The van der Waals surface area contributed by atoms with Gasteiger partial charge in [0, 0.05) is 19.6 Å². The molecule has 0 radical (unpaired) electrons. The molecule has 3 aromatic rings. The highest BCUT2D eigenvalue weighted by Gasteiger charge is 2.23. The summed E-state index contributed by atoms with van der Waals surface area (Å²) in [6, 6.07) is 11.9. The SMILES string of the molecule is Cn1c(C2CCOC2)nc2cc(-c3cccc(F)c3)ccc2c1=O. The minimum absolute atomic E-state index is 0.0623. The molecule has 0 spiro atoms. The van der Waals surface area contributed by atoms with Crippen LogP contribution in [0, 0.1) is 5.82 Å². The van der Waals surface area contributed by atoms with E-state index in [4.69, 9.17) is 9.72 Å². The van der Waals surface area contributed by atoms with Crippen molar-refractivity contribution in [3.8, 4) is 11.1 Å². The lowest BCUT2D eigenvalue weighted by molar-refractivity contribution is 0.192. The molecule has 1 saturated heterocycles. The maximum atomic E-state index is 13.5. The first-order chi connectivity index (χ1) is 11.6. The normalized spacial score (nSPS) is 17.5. The van der Waals surface area contributed by atoms with Gasteiger partial charge in [0.1, 0.15) is 11.6 Å². The van der Waals surface area contributed by atoms with Crippen LogP contribution in [0.2, 0.25) is 0 Å². The predicted molar refractivity (Wildman–Crippen MR) is 90.6 cm³/mol. The first kappa shape index (κ1) is 15.0. The van der Waals surface area contributed by atoms with Crippen molar-refractivity contribution in [3.63, 3.8) is 0 Å². The van der Waals surface area contributed by atoms with E-state index < -0.39 is 0 Å². The minimum atomic E-state index is -0.284. The summed E-state index contributed by atoms with van der Waals surface area (Å²) in [6.45, 7) is 1.29. The van der Waals surface area contributed by atoms with Crippen LogP contribution < -0.4 is 5.56 Å². The van der Waals surface area contributed by atoms with Gasteiger partial charge >= 0.3 is 0 Å². The first-order valence-electron chi connectivity index (χ1n) is 7.98. The molecule has 1 aromatic heterocycles. The fourth-order valence-corrected chi connectivity index (χ4v) is 3.24. The molecule has 0 aliphatic carbocycles. The molecule has 2 aromatic carbocycles. The Labute approximate surface area is 138 Å². The topological polar surface area (TPSA) is 44.1 Å². The van der Waals surface area contributed by atoms with Gasteiger partial charge in [-0.15, -0.1) is 0 Å². The summed E-state index contributed by atoms with van der Waals surface area (Å²) < 4.78 is 20.5. The number of aromatic nitrogens is 2. The highest BCUT2D eigenvalue weighted by Crippen LogP contribution is 2.26. The minimum Gasteiger partial charge on any atom is -0.381 e. The second-order valence-electron chi connectivity index (χ2n) is 6.14. The zero-order valence-electron chi connectivity index (χ0n) is 13.3. The number of halogens is 1. The molecule has 0 saturated carbocycles. The molecule has 1 aliphatic rings. The van der Waals surface area contributed by atoms with Gasteiger partial charge in [-0.05, 0) is 41.8 Å². The zero-order valence-corrected chi connectivity index (χ0v) is 13.3. The molecule has 2 heterocycles. The third-order valence-electron chi connectivity index (χ3n) is 4.56. The molecule has 0 N–H and O–H groups in total. The van der Waals surface area contributed by atoms with Gasteiger partial charge in [-0.25, -0.2) is 9.37 Å². The van der Waals surface area contributed by atoms with Crippen molar-refractivity contribution in [2.45, 2.75) is 12.3 Å². The fraction of sp³-hybridized carbons (Fsp3) is 0.263. The third-order valence-corrected chi connectivity index (χ3v) is 4.56. The summed E-state index contributed by atoms with van der Waals surface area (Å²) in [5.41, 5.74) is 2.19. The van der Waals surface area contributed by atoms with E-state index in [-0.39, 0.29) is 17.3 Å². The standard InChI is InChI=1S/C19H17FN2O2/c1-22-18(14-7-8-24-11-14)21-17-10-13(5-6-16(17)19(22)23)12-3-2-4-15(20)9-12/h2-6,9-10,14H,7-8,11H2,1H3. The van der Waals surface area contributed by atoms with Gasteiger partial charge in [0.15, 0.2) is 0 Å². The Bertz CT molecular complexity index is 975. The number of benzene rings is 2. The van der Waals surface area contributed by atoms with Gasteiger partial charge < -0.3 is 4.74 Å². The van der Waals surface area contributed by atoms with E-state index in [0.29, 0.717) is 24.1 Å². The van der Waals surface area contributed by atoms with Crippen molar-refractivity contribution in [2.24, 2.45) is 7.05 Å². The highest BCUT2D eigenvalue weighted by molar-refractivity contribution is 5.83. The smallest absolute Gasteiger partial charge is 0.261 e. The van der Waals surface area contributed by atoms with Crippen LogP contribution in [-0.4, -0.2) is 22.8 Å². The number of nitrogens with zero attached hydrogens (tertiary/aromatic N) is 2. The average molecular weight is 324 g/mol. The van der Waals surface area contributed by atoms with Gasteiger partial charge in [-0.1, -0.05) is 18.2 Å². The largest absolute Gasteiger partial charge is 0.381 e. The molecular weight excluding hydrogens is 307 g/mol. The van der Waals surface area contributed by atoms with E-state index in [9.17, 15) is 9.18 Å². The van der Waals surface area contributed by atoms with Crippen LogP contribution in [0.3, 0.4) is 0 Å². The van der Waals surface area contributed by atoms with E-state index in [1.807, 2.05) is 18.2 Å². The van der Waals surface area contributed by atoms with Gasteiger partial charge in [0.05, 0.1) is 17.5 Å². The van der Waals surface area contributed by atoms with Gasteiger partial charge in [-0.2, -0.15) is 0 Å². The Balaban J connectivity index is 1.89. The van der Waals surface area contributed by atoms with Gasteiger partial charge in [0.25, 0.3) is 5.56 Å². The van der Waals surface area contributed by atoms with Crippen molar-refractivity contribution >= 4 is 10.9 Å². The Kier molecular flexibility index (Phi) is 3.65. The summed E-state index contributed by atoms with van der Waals surface area (Å²) in [7, 11) is 1.75. The van der Waals surface area contributed by atoms with E-state index in [2.05, 4.69) is 0 Å². The summed E-state index contributed by atoms with van der Waals surface area (Å²) in [5.74, 6) is 0.611. The van der Waals surface area contributed by atoms with E-state index in [1.54, 1.807) is 23.7 Å². The van der Waals surface area contributed by atoms with E-state index in [0.717, 1.165) is 23.4 Å². The number of rotatable bonds is 2. The van der Waals surface area contributed by atoms with Gasteiger partial charge in [-0.3, -0.25) is 9.36 Å². The Morgan fingerprint density at radius 2 is 2.04 bits per heavy atom. The van der Waals surface area contributed by atoms with Crippen LogP contribution >= 0.6 is 0 Å². The van der Waals surface area contributed by atoms with Crippen LogP contribution in [-0.2, 0) is 11.8 Å². The lowest BCUT2D eigenvalue weighted by Crippen LogP contribution is -2.24. The van der Waals surface area contributed by atoms with Crippen LogP contribution in [0.1, 0.15) is 18.2 Å². The maximum Gasteiger partial charge on any atom is 0.261 e. The van der Waals surface area contributed by atoms with E-state index in [1.165, 1.54) is 12.1 Å². The zero-order chi connectivity index (χ0) is 16.7. The van der Waals surface area contributed by atoms with Crippen LogP contribution in [0.5, 0.6) is 0 Å². The van der Waals surface area contributed by atoms with Crippen molar-refractivity contribution in [3.05, 3.63) is 64.5 Å². The summed E-state index contributed by atoms with van der Waals surface area (Å²) >= 11 is 0. The molecule has 4 nitrogen and oxygen atoms in total. The van der Waals surface area contributed by atoms with E-state index >= 15 is 0 Å².